The van der Waals surface area contributed by atoms with Crippen LogP contribution in [-0.2, 0) is 0 Å². The van der Waals surface area contributed by atoms with Crippen LogP contribution in [0, 0.1) is 11.6 Å². The molecule has 0 fully saturated rings. The summed E-state index contributed by atoms with van der Waals surface area (Å²) in [5, 5.41) is 0.160. The van der Waals surface area contributed by atoms with Gasteiger partial charge in [-0.15, -0.1) is 0 Å². The molecule has 0 aliphatic carbocycles. The molecule has 0 aliphatic rings. The van der Waals surface area contributed by atoms with E-state index < -0.39 is 11.6 Å². The van der Waals surface area contributed by atoms with Crippen molar-refractivity contribution in [2.45, 2.75) is 0 Å². The van der Waals surface area contributed by atoms with Gasteiger partial charge in [0, 0.05) is 11.5 Å². The monoisotopic (exact) mass is 182 g/mol. The Bertz CT molecular complexity index is 474. The Morgan fingerprint density at radius 1 is 1.31 bits per heavy atom. The molecule has 0 N–H and O–H groups in total. The average Bonchev–Trinajstić information content (AvgIpc) is 2.47. The first-order valence-electron chi connectivity index (χ1n) is 3.54. The average molecular weight is 182 g/mol. The number of carbonyl (C=O) groups excluding carboxylic acids is 1. The number of halogens is 2. The molecule has 1 aromatic carbocycles. The topological polar surface area (TPSA) is 30.2 Å². The van der Waals surface area contributed by atoms with E-state index in [4.69, 9.17) is 4.42 Å². The Kier molecular flexibility index (Phi) is 1.62. The van der Waals surface area contributed by atoms with Crippen molar-refractivity contribution in [3.8, 4) is 0 Å². The highest BCUT2D eigenvalue weighted by Gasteiger charge is 2.11. The van der Waals surface area contributed by atoms with Crippen LogP contribution in [-0.4, -0.2) is 6.29 Å². The van der Waals surface area contributed by atoms with Crippen LogP contribution >= 0.6 is 0 Å². The smallest absolute Gasteiger partial charge is 0.170 e. The van der Waals surface area contributed by atoms with Crippen LogP contribution in [0.15, 0.2) is 22.8 Å². The molecule has 4 heteroatoms. The van der Waals surface area contributed by atoms with Crippen molar-refractivity contribution in [1.29, 1.82) is 0 Å². The fourth-order valence-electron chi connectivity index (χ4n) is 1.17. The molecule has 1 aromatic heterocycles. The maximum absolute atomic E-state index is 12.9. The van der Waals surface area contributed by atoms with Crippen LogP contribution in [0.25, 0.3) is 11.0 Å². The number of hydrogen-bond donors (Lipinski definition) is 0. The number of carbonyl (C=O) groups is 1. The number of aldehydes is 1. The Morgan fingerprint density at radius 3 is 2.77 bits per heavy atom. The molecule has 0 saturated carbocycles. The van der Waals surface area contributed by atoms with Gasteiger partial charge in [0.25, 0.3) is 0 Å². The molecule has 13 heavy (non-hydrogen) atoms. The molecular formula is C9H4F2O2. The van der Waals surface area contributed by atoms with Crippen LogP contribution in [0.4, 0.5) is 8.78 Å². The lowest BCUT2D eigenvalue weighted by atomic mass is 10.2. The molecule has 2 rings (SSSR count). The van der Waals surface area contributed by atoms with Gasteiger partial charge in [0.15, 0.2) is 17.7 Å². The van der Waals surface area contributed by atoms with Gasteiger partial charge in [0.05, 0.1) is 5.56 Å². The summed E-state index contributed by atoms with van der Waals surface area (Å²) < 4.78 is 30.4. The molecule has 0 spiro atoms. The maximum atomic E-state index is 12.9. The third kappa shape index (κ3) is 1.11. The summed E-state index contributed by atoms with van der Waals surface area (Å²) in [6.07, 6.45) is 1.59. The molecule has 2 nitrogen and oxygen atoms in total. The van der Waals surface area contributed by atoms with Crippen molar-refractivity contribution >= 4 is 17.3 Å². The molecule has 0 amide bonds. The van der Waals surface area contributed by atoms with E-state index in [9.17, 15) is 13.6 Å². The van der Waals surface area contributed by atoms with Gasteiger partial charge in [-0.2, -0.15) is 0 Å². The van der Waals surface area contributed by atoms with Crippen LogP contribution in [0.2, 0.25) is 0 Å². The predicted molar refractivity (Wildman–Crippen MR) is 41.5 cm³/mol. The minimum absolute atomic E-state index is 0.0940. The van der Waals surface area contributed by atoms with Gasteiger partial charge in [-0.05, 0) is 6.07 Å². The van der Waals surface area contributed by atoms with E-state index in [1.165, 1.54) is 0 Å². The summed E-state index contributed by atoms with van der Waals surface area (Å²) in [6, 6.07) is 1.77. The minimum atomic E-state index is -0.803. The van der Waals surface area contributed by atoms with Crippen LogP contribution in [0.3, 0.4) is 0 Å². The van der Waals surface area contributed by atoms with Crippen molar-refractivity contribution in [1.82, 2.24) is 0 Å². The zero-order valence-electron chi connectivity index (χ0n) is 6.38. The van der Waals surface area contributed by atoms with Gasteiger partial charge in [0.1, 0.15) is 12.1 Å². The molecule has 2 aromatic rings. The lowest BCUT2D eigenvalue weighted by molar-refractivity contribution is 0.112. The molecule has 0 saturated heterocycles. The number of rotatable bonds is 1. The van der Waals surface area contributed by atoms with Gasteiger partial charge < -0.3 is 4.42 Å². The van der Waals surface area contributed by atoms with Crippen LogP contribution < -0.4 is 0 Å². The third-order valence-electron chi connectivity index (χ3n) is 1.75. The van der Waals surface area contributed by atoms with E-state index in [-0.39, 0.29) is 16.5 Å². The molecule has 0 unspecified atom stereocenters. The second-order valence-electron chi connectivity index (χ2n) is 2.57. The van der Waals surface area contributed by atoms with E-state index in [1.54, 1.807) is 0 Å². The fraction of sp³-hybridized carbons (Fsp3) is 0. The fourth-order valence-corrected chi connectivity index (χ4v) is 1.17. The van der Waals surface area contributed by atoms with E-state index in [0.717, 1.165) is 12.3 Å². The van der Waals surface area contributed by atoms with Crippen LogP contribution in [0.5, 0.6) is 0 Å². The number of fused-ring (bicyclic) bond motifs is 1. The zero-order chi connectivity index (χ0) is 9.42. The van der Waals surface area contributed by atoms with E-state index >= 15 is 0 Å². The summed E-state index contributed by atoms with van der Waals surface area (Å²) in [6.45, 7) is 0. The third-order valence-corrected chi connectivity index (χ3v) is 1.75. The Morgan fingerprint density at radius 2 is 2.08 bits per heavy atom. The zero-order valence-corrected chi connectivity index (χ0v) is 6.38. The van der Waals surface area contributed by atoms with Crippen molar-refractivity contribution < 1.29 is 18.0 Å². The number of benzene rings is 1. The number of hydrogen-bond acceptors (Lipinski definition) is 2. The molecule has 66 valence electrons. The molecule has 0 aliphatic heterocycles. The van der Waals surface area contributed by atoms with Crippen molar-refractivity contribution in [2.75, 3.05) is 0 Å². The van der Waals surface area contributed by atoms with Crippen molar-refractivity contribution in [2.24, 2.45) is 0 Å². The molecule has 0 radical (unpaired) electrons. The summed E-state index contributed by atoms with van der Waals surface area (Å²) in [7, 11) is 0. The maximum Gasteiger partial charge on any atom is 0.170 e. The molecule has 0 atom stereocenters. The summed E-state index contributed by atoms with van der Waals surface area (Å²) in [4.78, 5) is 10.4. The molecule has 1 heterocycles. The molecule has 0 bridgehead atoms. The Balaban J connectivity index is 2.89. The normalized spacial score (nSPS) is 10.6. The van der Waals surface area contributed by atoms with E-state index in [1.807, 2.05) is 0 Å². The Labute approximate surface area is 71.8 Å². The van der Waals surface area contributed by atoms with Crippen LogP contribution in [0.1, 0.15) is 10.4 Å². The quantitative estimate of drug-likeness (QED) is 0.634. The van der Waals surface area contributed by atoms with Crippen molar-refractivity contribution in [3.05, 3.63) is 35.6 Å². The predicted octanol–water partition coefficient (Wildman–Crippen LogP) is 2.52. The highest BCUT2D eigenvalue weighted by atomic mass is 19.1. The Hall–Kier alpha value is -1.71. The highest BCUT2D eigenvalue weighted by molar-refractivity contribution is 5.95. The van der Waals surface area contributed by atoms with Gasteiger partial charge in [-0.1, -0.05) is 0 Å². The highest BCUT2D eigenvalue weighted by Crippen LogP contribution is 2.23. The van der Waals surface area contributed by atoms with E-state index in [2.05, 4.69) is 0 Å². The summed E-state index contributed by atoms with van der Waals surface area (Å²) >= 11 is 0. The van der Waals surface area contributed by atoms with E-state index in [0.29, 0.717) is 12.4 Å². The standard InChI is InChI=1S/C9H4F2O2/c10-6-1-7-5(3-12)4-13-9(7)8(11)2-6/h1-4H. The van der Waals surface area contributed by atoms with Gasteiger partial charge in [-0.3, -0.25) is 4.79 Å². The first-order chi connectivity index (χ1) is 6.22. The largest absolute Gasteiger partial charge is 0.460 e. The second-order valence-corrected chi connectivity index (χ2v) is 2.57. The van der Waals surface area contributed by atoms with Crippen molar-refractivity contribution in [3.63, 3.8) is 0 Å². The lowest BCUT2D eigenvalue weighted by Crippen LogP contribution is -1.81. The second kappa shape index (κ2) is 2.65. The first-order valence-corrected chi connectivity index (χ1v) is 3.54. The number of furan rings is 1. The molecular weight excluding hydrogens is 178 g/mol. The first kappa shape index (κ1) is 7.91. The SMILES string of the molecule is O=Cc1coc2c(F)cc(F)cc12. The summed E-state index contributed by atoms with van der Waals surface area (Å²) in [5.41, 5.74) is 0.0527. The van der Waals surface area contributed by atoms with Gasteiger partial charge in [-0.25, -0.2) is 8.78 Å². The summed E-state index contributed by atoms with van der Waals surface area (Å²) in [5.74, 6) is -1.53. The van der Waals surface area contributed by atoms with Gasteiger partial charge >= 0.3 is 0 Å². The van der Waals surface area contributed by atoms with Gasteiger partial charge in [0.2, 0.25) is 0 Å². The minimum Gasteiger partial charge on any atom is -0.460 e. The lowest BCUT2D eigenvalue weighted by Gasteiger charge is -1.91.